The first-order valence-electron chi connectivity index (χ1n) is 9.01. The number of hydrogen-bond acceptors (Lipinski definition) is 6. The lowest BCUT2D eigenvalue weighted by molar-refractivity contribution is -0.138. The molecule has 8 heteroatoms. The summed E-state index contributed by atoms with van der Waals surface area (Å²) in [6.45, 7) is 5.20. The van der Waals surface area contributed by atoms with E-state index in [1.165, 1.54) is 7.11 Å². The summed E-state index contributed by atoms with van der Waals surface area (Å²) in [7, 11) is -1.67. The van der Waals surface area contributed by atoms with Gasteiger partial charge in [0.1, 0.15) is 11.3 Å². The predicted molar refractivity (Wildman–Crippen MR) is 102 cm³/mol. The Labute approximate surface area is 160 Å². The highest BCUT2D eigenvalue weighted by molar-refractivity contribution is 7.91. The molecule has 1 aromatic carbocycles. The molecule has 0 N–H and O–H groups in total. The van der Waals surface area contributed by atoms with E-state index >= 15 is 0 Å². The van der Waals surface area contributed by atoms with Gasteiger partial charge in [-0.15, -0.1) is 0 Å². The summed E-state index contributed by atoms with van der Waals surface area (Å²) in [5, 5.41) is 0. The number of sulfone groups is 1. The van der Waals surface area contributed by atoms with Gasteiger partial charge >= 0.3 is 5.97 Å². The molecule has 0 aliphatic carbocycles. The maximum absolute atomic E-state index is 12.7. The van der Waals surface area contributed by atoms with Crippen molar-refractivity contribution in [3.63, 3.8) is 0 Å². The molecule has 1 aliphatic heterocycles. The molecular formula is C19H27NO6S. The summed E-state index contributed by atoms with van der Waals surface area (Å²) in [5.41, 5.74) is 1.12. The van der Waals surface area contributed by atoms with Crippen LogP contribution in [0.15, 0.2) is 18.2 Å². The molecule has 1 saturated heterocycles. The largest absolute Gasteiger partial charge is 0.496 e. The van der Waals surface area contributed by atoms with Gasteiger partial charge in [0, 0.05) is 12.1 Å². The number of hydrogen-bond donors (Lipinski definition) is 0. The SMILES string of the molecule is CC[C@@H](C)N(C(=O)COC(=O)c1cc(C)ccc1OC)[C@@H]1CCS(=O)(=O)C1. The molecule has 0 radical (unpaired) electrons. The van der Waals surface area contributed by atoms with Gasteiger partial charge in [0.2, 0.25) is 0 Å². The highest BCUT2D eigenvalue weighted by atomic mass is 32.2. The monoisotopic (exact) mass is 397 g/mol. The summed E-state index contributed by atoms with van der Waals surface area (Å²) in [5.74, 6) is -0.613. The van der Waals surface area contributed by atoms with E-state index < -0.39 is 22.4 Å². The number of esters is 1. The average molecular weight is 397 g/mol. The fraction of sp³-hybridized carbons (Fsp3) is 0.579. The van der Waals surface area contributed by atoms with E-state index in [-0.39, 0.29) is 35.1 Å². The van der Waals surface area contributed by atoms with Crippen LogP contribution in [0.1, 0.15) is 42.6 Å². The van der Waals surface area contributed by atoms with Crippen LogP contribution >= 0.6 is 0 Å². The number of aryl methyl sites for hydroxylation is 1. The van der Waals surface area contributed by atoms with E-state index in [0.29, 0.717) is 18.6 Å². The Bertz CT molecular complexity index is 804. The van der Waals surface area contributed by atoms with Crippen LogP contribution in [0.5, 0.6) is 5.75 Å². The van der Waals surface area contributed by atoms with E-state index in [1.807, 2.05) is 26.8 Å². The third-order valence-corrected chi connectivity index (χ3v) is 6.61. The Hall–Kier alpha value is -2.09. The number of benzene rings is 1. The van der Waals surface area contributed by atoms with Crippen LogP contribution in [0.4, 0.5) is 0 Å². The zero-order chi connectivity index (χ0) is 20.2. The van der Waals surface area contributed by atoms with Gasteiger partial charge in [-0.1, -0.05) is 18.6 Å². The lowest BCUT2D eigenvalue weighted by Gasteiger charge is -2.33. The molecular weight excluding hydrogens is 370 g/mol. The second kappa shape index (κ2) is 8.73. The molecule has 27 heavy (non-hydrogen) atoms. The molecule has 0 saturated carbocycles. The Morgan fingerprint density at radius 1 is 1.33 bits per heavy atom. The molecule has 0 aromatic heterocycles. The molecule has 0 bridgehead atoms. The van der Waals surface area contributed by atoms with Crippen molar-refractivity contribution in [2.45, 2.75) is 45.7 Å². The molecule has 0 unspecified atom stereocenters. The van der Waals surface area contributed by atoms with Crippen LogP contribution in [0.2, 0.25) is 0 Å². The van der Waals surface area contributed by atoms with Crippen LogP contribution in [0, 0.1) is 6.92 Å². The van der Waals surface area contributed by atoms with Crippen molar-refractivity contribution in [3.8, 4) is 5.75 Å². The molecule has 7 nitrogen and oxygen atoms in total. The topological polar surface area (TPSA) is 90.0 Å². The summed E-state index contributed by atoms with van der Waals surface area (Å²) < 4.78 is 34.0. The number of rotatable bonds is 7. The predicted octanol–water partition coefficient (Wildman–Crippen LogP) is 1.97. The maximum Gasteiger partial charge on any atom is 0.342 e. The highest BCUT2D eigenvalue weighted by Gasteiger charge is 2.36. The second-order valence-corrected chi connectivity index (χ2v) is 9.12. The van der Waals surface area contributed by atoms with Gasteiger partial charge in [0.25, 0.3) is 5.91 Å². The zero-order valence-electron chi connectivity index (χ0n) is 16.2. The molecule has 150 valence electrons. The average Bonchev–Trinajstić information content (AvgIpc) is 2.98. The molecule has 1 fully saturated rings. The van der Waals surface area contributed by atoms with Gasteiger partial charge in [-0.05, 0) is 38.8 Å². The Morgan fingerprint density at radius 3 is 2.59 bits per heavy atom. The van der Waals surface area contributed by atoms with E-state index in [0.717, 1.165) is 5.56 Å². The van der Waals surface area contributed by atoms with Crippen molar-refractivity contribution in [3.05, 3.63) is 29.3 Å². The smallest absolute Gasteiger partial charge is 0.342 e. The summed E-state index contributed by atoms with van der Waals surface area (Å²) in [4.78, 5) is 26.7. The summed E-state index contributed by atoms with van der Waals surface area (Å²) in [6, 6.07) is 4.61. The van der Waals surface area contributed by atoms with Gasteiger partial charge in [-0.25, -0.2) is 13.2 Å². The van der Waals surface area contributed by atoms with Crippen molar-refractivity contribution < 1.29 is 27.5 Å². The van der Waals surface area contributed by atoms with Crippen LogP contribution in [-0.4, -0.2) is 62.5 Å². The summed E-state index contributed by atoms with van der Waals surface area (Å²) in [6.07, 6.45) is 1.10. The third kappa shape index (κ3) is 5.22. The number of nitrogens with zero attached hydrogens (tertiary/aromatic N) is 1. The highest BCUT2D eigenvalue weighted by Crippen LogP contribution is 2.23. The Morgan fingerprint density at radius 2 is 2.04 bits per heavy atom. The molecule has 0 spiro atoms. The van der Waals surface area contributed by atoms with Crippen molar-refractivity contribution in [2.24, 2.45) is 0 Å². The van der Waals surface area contributed by atoms with E-state index in [2.05, 4.69) is 0 Å². The van der Waals surface area contributed by atoms with Crippen LogP contribution in [-0.2, 0) is 19.4 Å². The minimum Gasteiger partial charge on any atom is -0.496 e. The number of amides is 1. The Balaban J connectivity index is 2.09. The fourth-order valence-corrected chi connectivity index (χ4v) is 4.97. The van der Waals surface area contributed by atoms with E-state index in [1.54, 1.807) is 17.0 Å². The molecule has 1 heterocycles. The van der Waals surface area contributed by atoms with Gasteiger partial charge in [0.15, 0.2) is 16.4 Å². The maximum atomic E-state index is 12.7. The third-order valence-electron chi connectivity index (χ3n) is 4.86. The first-order valence-corrected chi connectivity index (χ1v) is 10.8. The lowest BCUT2D eigenvalue weighted by Crippen LogP contribution is -2.48. The van der Waals surface area contributed by atoms with Gasteiger partial charge < -0.3 is 14.4 Å². The standard InChI is InChI=1S/C19H27NO6S/c1-5-14(3)20(15-8-9-27(23,24)12-15)18(21)11-26-19(22)16-10-13(2)6-7-17(16)25-4/h6-7,10,14-15H,5,8-9,11-12H2,1-4H3/t14-,15-/m1/s1. The molecule has 2 atom stereocenters. The quantitative estimate of drug-likeness (QED) is 0.654. The number of ether oxygens (including phenoxy) is 2. The van der Waals surface area contributed by atoms with E-state index in [9.17, 15) is 18.0 Å². The molecule has 1 aliphatic rings. The van der Waals surface area contributed by atoms with Crippen LogP contribution in [0.3, 0.4) is 0 Å². The molecule has 1 aromatic rings. The zero-order valence-corrected chi connectivity index (χ0v) is 17.0. The minimum absolute atomic E-state index is 0.0390. The van der Waals surface area contributed by atoms with Gasteiger partial charge in [-0.2, -0.15) is 0 Å². The number of carbonyl (C=O) groups is 2. The van der Waals surface area contributed by atoms with Crippen molar-refractivity contribution >= 4 is 21.7 Å². The first kappa shape index (κ1) is 21.2. The lowest BCUT2D eigenvalue weighted by atomic mass is 10.1. The first-order chi connectivity index (χ1) is 12.7. The number of methoxy groups -OCH3 is 1. The van der Waals surface area contributed by atoms with Gasteiger partial charge in [0.05, 0.1) is 18.6 Å². The number of carbonyl (C=O) groups excluding carboxylic acids is 2. The van der Waals surface area contributed by atoms with Crippen LogP contribution in [0.25, 0.3) is 0 Å². The summed E-state index contributed by atoms with van der Waals surface area (Å²) >= 11 is 0. The van der Waals surface area contributed by atoms with Gasteiger partial charge in [-0.3, -0.25) is 4.79 Å². The van der Waals surface area contributed by atoms with E-state index in [4.69, 9.17) is 9.47 Å². The second-order valence-electron chi connectivity index (χ2n) is 6.90. The fourth-order valence-electron chi connectivity index (χ4n) is 3.26. The van der Waals surface area contributed by atoms with Crippen LogP contribution < -0.4 is 4.74 Å². The van der Waals surface area contributed by atoms with Crippen molar-refractivity contribution in [1.29, 1.82) is 0 Å². The molecule has 2 rings (SSSR count). The molecule has 1 amide bonds. The normalized spacial score (nSPS) is 19.3. The Kier molecular flexibility index (Phi) is 6.86. The minimum atomic E-state index is -3.12. The van der Waals surface area contributed by atoms with Crippen molar-refractivity contribution in [2.75, 3.05) is 25.2 Å². The van der Waals surface area contributed by atoms with Crippen molar-refractivity contribution in [1.82, 2.24) is 4.90 Å².